The van der Waals surface area contributed by atoms with Gasteiger partial charge in [-0.15, -0.1) is 0 Å². The monoisotopic (exact) mass is 712 g/mol. The SMILES string of the molecule is CO[C@H]1OC[C@@H](O[C@H]2OC[C@@H](O)[C@@H](C)[C@H](C)[C@@H]2OCc2ccccc2)[C@@H](OCc2ccccc2)[C@H](OCc2ccccc2)[C@@H]1OCc1ccccc1. The van der Waals surface area contributed by atoms with Crippen molar-refractivity contribution in [2.45, 2.75) is 89.5 Å². The lowest BCUT2D eigenvalue weighted by Crippen LogP contribution is -2.53. The molecule has 2 saturated heterocycles. The second-order valence-electron chi connectivity index (χ2n) is 13.6. The Labute approximate surface area is 307 Å². The van der Waals surface area contributed by atoms with Crippen LogP contribution in [0.4, 0.5) is 0 Å². The highest BCUT2D eigenvalue weighted by Gasteiger charge is 2.48. The summed E-state index contributed by atoms with van der Waals surface area (Å²) in [7, 11) is 1.60. The van der Waals surface area contributed by atoms with E-state index in [2.05, 4.69) is 6.92 Å². The van der Waals surface area contributed by atoms with Gasteiger partial charge in [-0.25, -0.2) is 0 Å². The third-order valence-electron chi connectivity index (χ3n) is 10.0. The standard InChI is InChI=1S/C43H52O9/c1-30-31(2)38(46-24-32-16-8-4-9-17-32)43(50-28-36(30)44)52-37-29-51-42(45-3)41(49-27-35-22-14-7-15-23-35)40(48-26-34-20-12-6-13-21-34)39(37)47-25-33-18-10-5-11-19-33/h4-23,30-31,36-44H,24-29H2,1-3H3/t30-,31-,36+,37+,38-,39+,40-,41-,42-,43+/m0/s1. The minimum absolute atomic E-state index is 0.0968. The molecule has 2 aliphatic heterocycles. The Morgan fingerprint density at radius 1 is 0.500 bits per heavy atom. The zero-order valence-corrected chi connectivity index (χ0v) is 30.3. The summed E-state index contributed by atoms with van der Waals surface area (Å²) in [4.78, 5) is 0. The fourth-order valence-electron chi connectivity index (χ4n) is 6.74. The van der Waals surface area contributed by atoms with E-state index in [0.29, 0.717) is 26.4 Å². The number of aliphatic hydroxyl groups excluding tert-OH is 1. The van der Waals surface area contributed by atoms with E-state index >= 15 is 0 Å². The summed E-state index contributed by atoms with van der Waals surface area (Å²) in [6.07, 6.45) is -5.59. The Bertz CT molecular complexity index is 1560. The summed E-state index contributed by atoms with van der Waals surface area (Å²) in [6, 6.07) is 40.0. The minimum Gasteiger partial charge on any atom is -0.390 e. The lowest BCUT2D eigenvalue weighted by atomic mass is 9.87. The average Bonchev–Trinajstić information content (AvgIpc) is 3.39. The molecule has 0 spiro atoms. The van der Waals surface area contributed by atoms with E-state index in [1.807, 2.05) is 128 Å². The number of hydrogen-bond acceptors (Lipinski definition) is 9. The van der Waals surface area contributed by atoms with E-state index in [1.54, 1.807) is 7.11 Å². The van der Waals surface area contributed by atoms with Crippen LogP contribution in [0.5, 0.6) is 0 Å². The number of rotatable bonds is 15. The van der Waals surface area contributed by atoms with Gasteiger partial charge in [0.1, 0.15) is 30.5 Å². The van der Waals surface area contributed by atoms with Crippen molar-refractivity contribution in [1.29, 1.82) is 0 Å². The molecule has 0 aliphatic carbocycles. The van der Waals surface area contributed by atoms with Gasteiger partial charge in [-0.05, 0) is 34.1 Å². The molecule has 0 aromatic heterocycles. The highest BCUT2D eigenvalue weighted by atomic mass is 16.7. The van der Waals surface area contributed by atoms with Crippen molar-refractivity contribution >= 4 is 0 Å². The van der Waals surface area contributed by atoms with Crippen LogP contribution in [0, 0.1) is 11.8 Å². The first-order valence-corrected chi connectivity index (χ1v) is 18.2. The fourth-order valence-corrected chi connectivity index (χ4v) is 6.74. The quantitative estimate of drug-likeness (QED) is 0.145. The summed E-state index contributed by atoms with van der Waals surface area (Å²) in [5, 5.41) is 11.0. The molecule has 0 radical (unpaired) electrons. The average molecular weight is 713 g/mol. The molecule has 278 valence electrons. The molecule has 9 nitrogen and oxygen atoms in total. The second kappa shape index (κ2) is 19.6. The Hall–Kier alpha value is -3.48. The molecule has 52 heavy (non-hydrogen) atoms. The van der Waals surface area contributed by atoms with Gasteiger partial charge in [0.15, 0.2) is 12.6 Å². The summed E-state index contributed by atoms with van der Waals surface area (Å²) in [5.74, 6) is -0.194. The van der Waals surface area contributed by atoms with Gasteiger partial charge >= 0.3 is 0 Å². The maximum absolute atomic E-state index is 11.0. The van der Waals surface area contributed by atoms with Gasteiger partial charge in [0.2, 0.25) is 0 Å². The summed E-state index contributed by atoms with van der Waals surface area (Å²) < 4.78 is 52.6. The molecule has 4 aromatic carbocycles. The van der Waals surface area contributed by atoms with Gasteiger partial charge in [0.05, 0.1) is 45.7 Å². The smallest absolute Gasteiger partial charge is 0.186 e. The molecule has 2 fully saturated rings. The third-order valence-corrected chi connectivity index (χ3v) is 10.0. The van der Waals surface area contributed by atoms with Gasteiger partial charge in [-0.3, -0.25) is 0 Å². The summed E-state index contributed by atoms with van der Waals surface area (Å²) >= 11 is 0. The Balaban J connectivity index is 1.33. The normalized spacial score (nSPS) is 29.6. The first-order valence-electron chi connectivity index (χ1n) is 18.2. The first kappa shape index (κ1) is 38.3. The van der Waals surface area contributed by atoms with Crippen LogP contribution in [-0.4, -0.2) is 74.6 Å². The minimum atomic E-state index is -0.840. The molecule has 1 N–H and O–H groups in total. The van der Waals surface area contributed by atoms with E-state index < -0.39 is 49.2 Å². The molecular weight excluding hydrogens is 660 g/mol. The fraction of sp³-hybridized carbons (Fsp3) is 0.442. The van der Waals surface area contributed by atoms with Gasteiger partial charge in [-0.1, -0.05) is 135 Å². The lowest BCUT2D eigenvalue weighted by Gasteiger charge is -2.38. The zero-order chi connectivity index (χ0) is 36.1. The topological polar surface area (TPSA) is 94.1 Å². The third kappa shape index (κ3) is 10.3. The van der Waals surface area contributed by atoms with E-state index in [-0.39, 0.29) is 25.0 Å². The number of aliphatic hydroxyl groups is 1. The molecule has 2 heterocycles. The number of methoxy groups -OCH3 is 1. The molecule has 2 aliphatic rings. The van der Waals surface area contributed by atoms with E-state index in [4.69, 9.17) is 37.9 Å². The van der Waals surface area contributed by atoms with Crippen LogP contribution in [0.25, 0.3) is 0 Å². The first-order chi connectivity index (χ1) is 25.5. The Morgan fingerprint density at radius 3 is 1.37 bits per heavy atom. The van der Waals surface area contributed by atoms with Crippen LogP contribution in [0.15, 0.2) is 121 Å². The molecule has 0 saturated carbocycles. The Kier molecular flexibility index (Phi) is 14.4. The van der Waals surface area contributed by atoms with Crippen molar-refractivity contribution in [2.75, 3.05) is 20.3 Å². The number of hydrogen-bond donors (Lipinski definition) is 1. The molecule has 0 bridgehead atoms. The van der Waals surface area contributed by atoms with Gasteiger partial charge < -0.3 is 43.0 Å². The van der Waals surface area contributed by atoms with E-state index in [0.717, 1.165) is 22.3 Å². The van der Waals surface area contributed by atoms with Gasteiger partial charge in [0.25, 0.3) is 0 Å². The van der Waals surface area contributed by atoms with Crippen LogP contribution in [-0.2, 0) is 64.3 Å². The van der Waals surface area contributed by atoms with Crippen molar-refractivity contribution in [3.05, 3.63) is 144 Å². The number of ether oxygens (including phenoxy) is 8. The van der Waals surface area contributed by atoms with Crippen LogP contribution >= 0.6 is 0 Å². The molecule has 0 amide bonds. The van der Waals surface area contributed by atoms with Crippen molar-refractivity contribution in [2.24, 2.45) is 11.8 Å². The van der Waals surface area contributed by atoms with Gasteiger partial charge in [0, 0.05) is 7.11 Å². The summed E-state index contributed by atoms with van der Waals surface area (Å²) in [5.41, 5.74) is 4.04. The summed E-state index contributed by atoms with van der Waals surface area (Å²) in [6.45, 7) is 5.56. The molecule has 10 atom stereocenters. The predicted octanol–water partition coefficient (Wildman–Crippen LogP) is 6.71. The van der Waals surface area contributed by atoms with Crippen LogP contribution < -0.4 is 0 Å². The van der Waals surface area contributed by atoms with Crippen molar-refractivity contribution in [3.63, 3.8) is 0 Å². The van der Waals surface area contributed by atoms with Crippen molar-refractivity contribution in [1.82, 2.24) is 0 Å². The van der Waals surface area contributed by atoms with Crippen LogP contribution in [0.1, 0.15) is 36.1 Å². The zero-order valence-electron chi connectivity index (χ0n) is 30.3. The van der Waals surface area contributed by atoms with Gasteiger partial charge in [-0.2, -0.15) is 0 Å². The van der Waals surface area contributed by atoms with E-state index in [1.165, 1.54) is 0 Å². The lowest BCUT2D eigenvalue weighted by molar-refractivity contribution is -0.265. The molecular formula is C43H52O9. The molecule has 6 rings (SSSR count). The highest BCUT2D eigenvalue weighted by Crippen LogP contribution is 2.34. The highest BCUT2D eigenvalue weighted by molar-refractivity contribution is 5.16. The van der Waals surface area contributed by atoms with Crippen molar-refractivity contribution in [3.8, 4) is 0 Å². The number of benzene rings is 4. The van der Waals surface area contributed by atoms with Crippen LogP contribution in [0.3, 0.4) is 0 Å². The largest absolute Gasteiger partial charge is 0.390 e. The van der Waals surface area contributed by atoms with E-state index in [9.17, 15) is 5.11 Å². The maximum Gasteiger partial charge on any atom is 0.186 e. The molecule has 9 heteroatoms. The van der Waals surface area contributed by atoms with Crippen LogP contribution in [0.2, 0.25) is 0 Å². The Morgan fingerprint density at radius 2 is 0.904 bits per heavy atom. The predicted molar refractivity (Wildman–Crippen MR) is 196 cm³/mol. The molecule has 4 aromatic rings. The van der Waals surface area contributed by atoms with Crippen molar-refractivity contribution < 1.29 is 43.0 Å². The maximum atomic E-state index is 11.0. The molecule has 0 unspecified atom stereocenters. The second-order valence-corrected chi connectivity index (χ2v) is 13.6.